The summed E-state index contributed by atoms with van der Waals surface area (Å²) in [6.07, 6.45) is -4.53. The Morgan fingerprint density at radius 3 is 2.30 bits per heavy atom. The molecule has 12 heteroatoms. The first-order chi connectivity index (χ1) is 19.1. The minimum Gasteiger partial charge on any atom is -0.497 e. The van der Waals surface area contributed by atoms with Crippen molar-refractivity contribution < 1.29 is 26.3 Å². The molecule has 0 amide bonds. The topological polar surface area (TPSA) is 87.7 Å². The monoisotopic (exact) mass is 571 g/mol. The normalized spacial score (nSPS) is 16.1. The molecule has 0 saturated carbocycles. The fourth-order valence-corrected chi connectivity index (χ4v) is 6.10. The Hall–Kier alpha value is -3.74. The van der Waals surface area contributed by atoms with Gasteiger partial charge in [0.2, 0.25) is 10.0 Å². The fourth-order valence-electron chi connectivity index (χ4n) is 4.67. The van der Waals surface area contributed by atoms with E-state index in [0.29, 0.717) is 30.5 Å². The number of alkyl halides is 3. The van der Waals surface area contributed by atoms with Gasteiger partial charge >= 0.3 is 6.18 Å². The number of anilines is 2. The van der Waals surface area contributed by atoms with Crippen LogP contribution in [0.15, 0.2) is 77.7 Å². The maximum Gasteiger partial charge on any atom is 0.416 e. The molecule has 1 saturated heterocycles. The van der Waals surface area contributed by atoms with Crippen molar-refractivity contribution in [3.63, 3.8) is 0 Å². The van der Waals surface area contributed by atoms with Crippen molar-refractivity contribution in [1.82, 2.24) is 19.2 Å². The minimum absolute atomic E-state index is 0.159. The molecule has 0 bridgehead atoms. The van der Waals surface area contributed by atoms with E-state index in [1.807, 2.05) is 55.5 Å². The van der Waals surface area contributed by atoms with Crippen molar-refractivity contribution in [2.75, 3.05) is 38.6 Å². The number of sulfonamides is 1. The number of ether oxygens (including phenoxy) is 1. The van der Waals surface area contributed by atoms with Crippen molar-refractivity contribution in [2.45, 2.75) is 24.0 Å². The average Bonchev–Trinajstić information content (AvgIpc) is 2.96. The molecule has 8 nitrogen and oxygen atoms in total. The number of halogens is 3. The summed E-state index contributed by atoms with van der Waals surface area (Å²) in [4.78, 5) is 11.6. The van der Waals surface area contributed by atoms with Crippen LogP contribution in [-0.4, -0.2) is 60.9 Å². The summed E-state index contributed by atoms with van der Waals surface area (Å²) in [5.74, 6) is 1.94. The third-order valence-corrected chi connectivity index (χ3v) is 8.88. The molecule has 4 aromatic rings. The Labute approximate surface area is 230 Å². The zero-order valence-electron chi connectivity index (χ0n) is 21.9. The van der Waals surface area contributed by atoms with Crippen LogP contribution in [0, 0.1) is 0 Å². The maximum absolute atomic E-state index is 13.1. The maximum atomic E-state index is 13.1. The molecule has 1 atom stereocenters. The first-order valence-electron chi connectivity index (χ1n) is 12.7. The Morgan fingerprint density at radius 2 is 1.62 bits per heavy atom. The van der Waals surface area contributed by atoms with E-state index in [0.717, 1.165) is 40.9 Å². The quantitative estimate of drug-likeness (QED) is 0.315. The van der Waals surface area contributed by atoms with E-state index < -0.39 is 21.8 Å². The van der Waals surface area contributed by atoms with Crippen LogP contribution in [0.4, 0.5) is 24.7 Å². The van der Waals surface area contributed by atoms with Crippen LogP contribution >= 0.6 is 0 Å². The van der Waals surface area contributed by atoms with Gasteiger partial charge in [-0.3, -0.25) is 4.90 Å². The van der Waals surface area contributed by atoms with Crippen LogP contribution < -0.4 is 10.1 Å². The summed E-state index contributed by atoms with van der Waals surface area (Å²) >= 11 is 0. The molecule has 0 aliphatic carbocycles. The van der Waals surface area contributed by atoms with Gasteiger partial charge in [0.05, 0.1) is 29.1 Å². The van der Waals surface area contributed by atoms with E-state index in [2.05, 4.69) is 10.2 Å². The van der Waals surface area contributed by atoms with Gasteiger partial charge in [0, 0.05) is 43.3 Å². The van der Waals surface area contributed by atoms with E-state index in [4.69, 9.17) is 14.7 Å². The predicted molar refractivity (Wildman–Crippen MR) is 146 cm³/mol. The number of para-hydroxylation sites is 1. The highest BCUT2D eigenvalue weighted by atomic mass is 32.2. The van der Waals surface area contributed by atoms with Crippen LogP contribution in [0.5, 0.6) is 5.75 Å². The van der Waals surface area contributed by atoms with Crippen LogP contribution in [0.1, 0.15) is 24.4 Å². The smallest absolute Gasteiger partial charge is 0.416 e. The van der Waals surface area contributed by atoms with Crippen molar-refractivity contribution in [3.05, 3.63) is 84.2 Å². The van der Waals surface area contributed by atoms with Crippen molar-refractivity contribution in [1.29, 1.82) is 0 Å². The summed E-state index contributed by atoms with van der Waals surface area (Å²) < 4.78 is 71.5. The third-order valence-electron chi connectivity index (χ3n) is 6.97. The summed E-state index contributed by atoms with van der Waals surface area (Å²) in [5.41, 5.74) is 0.692. The number of fused-ring (bicyclic) bond motifs is 1. The Bertz CT molecular complexity index is 1610. The lowest BCUT2D eigenvalue weighted by Crippen LogP contribution is -2.49. The number of hydrogen-bond acceptors (Lipinski definition) is 7. The van der Waals surface area contributed by atoms with Crippen molar-refractivity contribution >= 4 is 32.4 Å². The zero-order chi connectivity index (χ0) is 28.5. The number of rotatable bonds is 7. The Kier molecular flexibility index (Phi) is 7.67. The lowest BCUT2D eigenvalue weighted by molar-refractivity contribution is -0.137. The number of piperazine rings is 1. The Balaban J connectivity index is 1.33. The molecule has 3 aromatic carbocycles. The second kappa shape index (κ2) is 11.0. The van der Waals surface area contributed by atoms with Gasteiger partial charge in [-0.25, -0.2) is 18.4 Å². The number of nitrogens with zero attached hydrogens (tertiary/aromatic N) is 4. The summed E-state index contributed by atoms with van der Waals surface area (Å²) in [6, 6.07) is 18.6. The summed E-state index contributed by atoms with van der Waals surface area (Å²) in [6.45, 7) is 3.18. The van der Waals surface area contributed by atoms with Crippen LogP contribution in [0.25, 0.3) is 10.9 Å². The van der Waals surface area contributed by atoms with Crippen molar-refractivity contribution in [3.8, 4) is 5.75 Å². The molecular weight excluding hydrogens is 543 g/mol. The standard InChI is InChI=1S/C28H28F3N5O3S/c1-19(35-14-16-36(17-15-35)40(37,38)23-12-10-20(11-13-23)28(29,30)31)26-33-25-9-4-3-8-24(25)27(34-26)32-21-6-5-7-22(18-21)39-2/h3-13,18-19H,14-17H2,1-2H3,(H,32,33,34)/t19-/m0/s1. The molecule has 2 heterocycles. The van der Waals surface area contributed by atoms with E-state index >= 15 is 0 Å². The highest BCUT2D eigenvalue weighted by Gasteiger charge is 2.33. The molecule has 40 heavy (non-hydrogen) atoms. The molecule has 1 fully saturated rings. The highest BCUT2D eigenvalue weighted by molar-refractivity contribution is 7.89. The van der Waals surface area contributed by atoms with Gasteiger partial charge < -0.3 is 10.1 Å². The molecule has 1 aliphatic rings. The second-order valence-corrected chi connectivity index (χ2v) is 11.4. The summed E-state index contributed by atoms with van der Waals surface area (Å²) in [5, 5.41) is 4.23. The van der Waals surface area contributed by atoms with Crippen LogP contribution in [0.3, 0.4) is 0 Å². The molecule has 0 radical (unpaired) electrons. The van der Waals surface area contributed by atoms with Gasteiger partial charge in [-0.15, -0.1) is 0 Å². The average molecular weight is 572 g/mol. The van der Waals surface area contributed by atoms with E-state index in [1.54, 1.807) is 7.11 Å². The van der Waals surface area contributed by atoms with Gasteiger partial charge in [-0.2, -0.15) is 17.5 Å². The molecular formula is C28H28F3N5O3S. The fraction of sp³-hybridized carbons (Fsp3) is 0.286. The number of hydrogen-bond donors (Lipinski definition) is 1. The molecule has 1 N–H and O–H groups in total. The number of aromatic nitrogens is 2. The van der Waals surface area contributed by atoms with Gasteiger partial charge in [-0.1, -0.05) is 18.2 Å². The van der Waals surface area contributed by atoms with Gasteiger partial charge in [0.1, 0.15) is 17.4 Å². The van der Waals surface area contributed by atoms with E-state index in [9.17, 15) is 21.6 Å². The molecule has 5 rings (SSSR count). The highest BCUT2D eigenvalue weighted by Crippen LogP contribution is 2.32. The molecule has 1 aromatic heterocycles. The molecule has 210 valence electrons. The zero-order valence-corrected chi connectivity index (χ0v) is 22.7. The van der Waals surface area contributed by atoms with E-state index in [1.165, 1.54) is 4.31 Å². The van der Waals surface area contributed by atoms with Gasteiger partial charge in [0.25, 0.3) is 0 Å². The largest absolute Gasteiger partial charge is 0.497 e. The number of nitrogens with one attached hydrogen (secondary N) is 1. The van der Waals surface area contributed by atoms with Crippen LogP contribution in [-0.2, 0) is 16.2 Å². The molecule has 0 spiro atoms. The molecule has 1 aliphatic heterocycles. The van der Waals surface area contributed by atoms with E-state index in [-0.39, 0.29) is 24.0 Å². The Morgan fingerprint density at radius 1 is 0.925 bits per heavy atom. The van der Waals surface area contributed by atoms with Crippen molar-refractivity contribution in [2.24, 2.45) is 0 Å². The van der Waals surface area contributed by atoms with Gasteiger partial charge in [-0.05, 0) is 55.5 Å². The second-order valence-electron chi connectivity index (χ2n) is 9.44. The summed E-state index contributed by atoms with van der Waals surface area (Å²) in [7, 11) is -2.32. The van der Waals surface area contributed by atoms with Crippen LogP contribution in [0.2, 0.25) is 0 Å². The lowest BCUT2D eigenvalue weighted by atomic mass is 10.2. The third kappa shape index (κ3) is 5.74. The first kappa shape index (κ1) is 27.8. The minimum atomic E-state index is -4.53. The lowest BCUT2D eigenvalue weighted by Gasteiger charge is -2.37. The number of benzene rings is 3. The number of methoxy groups -OCH3 is 1. The van der Waals surface area contributed by atoms with Gasteiger partial charge in [0.15, 0.2) is 0 Å². The molecule has 0 unspecified atom stereocenters. The first-order valence-corrected chi connectivity index (χ1v) is 14.1. The SMILES string of the molecule is COc1cccc(Nc2nc([C@H](C)N3CCN(S(=O)(=O)c4ccc(C(F)(F)F)cc4)CC3)nc3ccccc23)c1. The predicted octanol–water partition coefficient (Wildman–Crippen LogP) is 5.47.